The maximum Gasteiger partial charge on any atom is 1.00 e. The summed E-state index contributed by atoms with van der Waals surface area (Å²) < 4.78 is 72.9. The van der Waals surface area contributed by atoms with E-state index < -0.39 is 25.1 Å². The molecule has 5 aromatic rings. The van der Waals surface area contributed by atoms with Crippen molar-refractivity contribution in [2.24, 2.45) is 4.99 Å². The fraction of sp³-hybridized carbons (Fsp3) is 0. The SMILES string of the molecule is O=S(=O)(O)c1cc2nc3c4cccc(S(=O)(=O)O)c4c([N-]c4ccccc4)cc3n(-c3ccccc3)c-2cc1=Nc1ccccc1.[Na+]. The van der Waals surface area contributed by atoms with Crippen LogP contribution in [0.15, 0.2) is 142 Å². The molecule has 1 heterocycles. The smallest absolute Gasteiger partial charge is 0.657 e. The summed E-state index contributed by atoms with van der Waals surface area (Å²) in [7, 11) is -9.45. The minimum Gasteiger partial charge on any atom is -0.657 e. The first-order chi connectivity index (χ1) is 22.1. The molecule has 228 valence electrons. The van der Waals surface area contributed by atoms with Crippen molar-refractivity contribution in [1.29, 1.82) is 0 Å². The Balaban J connectivity index is 0.00000386. The van der Waals surface area contributed by atoms with Gasteiger partial charge >= 0.3 is 29.6 Å². The monoisotopic (exact) mass is 670 g/mol. The second-order valence-corrected chi connectivity index (χ2v) is 13.2. The average molecular weight is 671 g/mol. The standard InChI is InChI=1S/C34H23N4O6S2.Na/c39-45(40,41)31-18-10-17-25-33(31)28(36-23-13-6-2-7-14-23)20-30-34(25)37-26-21-32(46(42,43)44)27(35-22-11-4-1-5-12-22)19-29(26)38(30)24-15-8-3-9-16-24;/h1-21H,(H,39,40,41)(H,42,43,44);/q-1;+1. The maximum atomic E-state index is 12.6. The molecule has 0 radical (unpaired) electrons. The fourth-order valence-electron chi connectivity index (χ4n) is 5.49. The molecule has 1 aliphatic heterocycles. The summed E-state index contributed by atoms with van der Waals surface area (Å²) in [6.45, 7) is 0. The van der Waals surface area contributed by atoms with Crippen molar-refractivity contribution in [3.8, 4) is 17.1 Å². The molecule has 0 fully saturated rings. The number of nitrogens with zero attached hydrogens (tertiary/aromatic N) is 4. The zero-order chi connectivity index (χ0) is 32.1. The third-order valence-electron chi connectivity index (χ3n) is 7.41. The zero-order valence-electron chi connectivity index (χ0n) is 24.8. The zero-order valence-corrected chi connectivity index (χ0v) is 28.4. The summed E-state index contributed by atoms with van der Waals surface area (Å²) >= 11 is 0. The molecule has 1 aliphatic carbocycles. The van der Waals surface area contributed by atoms with Gasteiger partial charge in [0.2, 0.25) is 0 Å². The van der Waals surface area contributed by atoms with Crippen LogP contribution in [-0.4, -0.2) is 35.5 Å². The summed E-state index contributed by atoms with van der Waals surface area (Å²) in [4.78, 5) is 8.56. The molecule has 2 aliphatic rings. The van der Waals surface area contributed by atoms with E-state index in [2.05, 4.69) is 4.99 Å². The molecule has 10 nitrogen and oxygen atoms in total. The van der Waals surface area contributed by atoms with E-state index in [-0.39, 0.29) is 56.6 Å². The molecule has 2 N–H and O–H groups in total. The number of hydrogen-bond acceptors (Lipinski definition) is 6. The van der Waals surface area contributed by atoms with Gasteiger partial charge in [-0.25, -0.2) is 9.98 Å². The maximum absolute atomic E-state index is 12.6. The van der Waals surface area contributed by atoms with E-state index in [4.69, 9.17) is 10.3 Å². The van der Waals surface area contributed by atoms with Crippen LogP contribution >= 0.6 is 0 Å². The summed E-state index contributed by atoms with van der Waals surface area (Å²) in [6, 6.07) is 35.9. The first kappa shape index (κ1) is 32.5. The normalized spacial score (nSPS) is 12.3. The largest absolute Gasteiger partial charge is 1.00 e. The van der Waals surface area contributed by atoms with Crippen molar-refractivity contribution in [3.63, 3.8) is 0 Å². The van der Waals surface area contributed by atoms with Crippen LogP contribution in [0.5, 0.6) is 0 Å². The van der Waals surface area contributed by atoms with Gasteiger partial charge in [0.05, 0.1) is 33.5 Å². The molecule has 0 unspecified atom stereocenters. The molecule has 0 amide bonds. The Hall–Kier alpha value is -4.40. The van der Waals surface area contributed by atoms with Gasteiger partial charge in [0.25, 0.3) is 20.2 Å². The van der Waals surface area contributed by atoms with Gasteiger partial charge < -0.3 is 9.88 Å². The summed E-state index contributed by atoms with van der Waals surface area (Å²) in [5.74, 6) is 0. The van der Waals surface area contributed by atoms with Gasteiger partial charge in [-0.3, -0.25) is 9.11 Å². The number of hydrogen-bond donors (Lipinski definition) is 2. The first-order valence-electron chi connectivity index (χ1n) is 13.9. The van der Waals surface area contributed by atoms with Crippen LogP contribution in [0.3, 0.4) is 0 Å². The van der Waals surface area contributed by atoms with E-state index in [9.17, 15) is 25.9 Å². The number of aromatic nitrogens is 2. The van der Waals surface area contributed by atoms with Crippen LogP contribution in [-0.2, 0) is 20.2 Å². The molecule has 47 heavy (non-hydrogen) atoms. The molecule has 0 saturated carbocycles. The van der Waals surface area contributed by atoms with Gasteiger partial charge in [0, 0.05) is 11.1 Å². The Kier molecular flexibility index (Phi) is 8.76. The fourth-order valence-corrected chi connectivity index (χ4v) is 6.84. The summed E-state index contributed by atoms with van der Waals surface area (Å²) in [6.07, 6.45) is 0. The Bertz CT molecular complexity index is 2550. The molecule has 0 aromatic heterocycles. The van der Waals surface area contributed by atoms with Gasteiger partial charge in [-0.15, -0.1) is 11.4 Å². The van der Waals surface area contributed by atoms with E-state index in [1.54, 1.807) is 66.7 Å². The van der Waals surface area contributed by atoms with Crippen molar-refractivity contribution in [3.05, 3.63) is 138 Å². The summed E-state index contributed by atoms with van der Waals surface area (Å²) in [5.41, 5.74) is 3.42. The third-order valence-corrected chi connectivity index (χ3v) is 9.18. The molecular weight excluding hydrogens is 648 g/mol. The third kappa shape index (κ3) is 6.32. The quantitative estimate of drug-likeness (QED) is 0.116. The van der Waals surface area contributed by atoms with Gasteiger partial charge in [-0.05, 0) is 53.9 Å². The second kappa shape index (κ2) is 12.7. The van der Waals surface area contributed by atoms with Crippen LogP contribution in [0.4, 0.5) is 17.1 Å². The molecule has 0 atom stereocenters. The second-order valence-electron chi connectivity index (χ2n) is 10.4. The Labute approximate surface area is 292 Å². The molecule has 0 saturated heterocycles. The van der Waals surface area contributed by atoms with E-state index in [1.807, 2.05) is 41.0 Å². The van der Waals surface area contributed by atoms with Gasteiger partial charge in [-0.2, -0.15) is 16.8 Å². The number of benzene rings is 6. The summed E-state index contributed by atoms with van der Waals surface area (Å²) in [5, 5.41) is 5.26. The first-order valence-corrected chi connectivity index (χ1v) is 16.8. The van der Waals surface area contributed by atoms with E-state index in [0.29, 0.717) is 39.2 Å². The van der Waals surface area contributed by atoms with Crippen molar-refractivity contribution in [2.75, 3.05) is 0 Å². The molecule has 13 heteroatoms. The van der Waals surface area contributed by atoms with Crippen LogP contribution in [0.2, 0.25) is 0 Å². The topological polar surface area (TPSA) is 153 Å². The van der Waals surface area contributed by atoms with Crippen LogP contribution < -0.4 is 34.9 Å². The van der Waals surface area contributed by atoms with Crippen LogP contribution in [0.25, 0.3) is 44.2 Å². The van der Waals surface area contributed by atoms with Crippen molar-refractivity contribution < 1.29 is 55.5 Å². The van der Waals surface area contributed by atoms with Crippen molar-refractivity contribution >= 4 is 59.1 Å². The predicted molar refractivity (Wildman–Crippen MR) is 176 cm³/mol. The Morgan fingerprint density at radius 3 is 1.94 bits per heavy atom. The minimum atomic E-state index is -4.76. The van der Waals surface area contributed by atoms with Crippen LogP contribution in [0.1, 0.15) is 0 Å². The predicted octanol–water partition coefficient (Wildman–Crippen LogP) is 4.35. The van der Waals surface area contributed by atoms with E-state index in [1.165, 1.54) is 24.3 Å². The average Bonchev–Trinajstić information content (AvgIpc) is 3.04. The van der Waals surface area contributed by atoms with Crippen LogP contribution in [0, 0.1) is 0 Å². The van der Waals surface area contributed by atoms with Crippen molar-refractivity contribution in [2.45, 2.75) is 9.79 Å². The molecule has 5 aromatic carbocycles. The van der Waals surface area contributed by atoms with Gasteiger partial charge in [0.15, 0.2) is 0 Å². The Morgan fingerprint density at radius 1 is 0.681 bits per heavy atom. The minimum absolute atomic E-state index is 0. The molecule has 0 spiro atoms. The van der Waals surface area contributed by atoms with Gasteiger partial charge in [0.1, 0.15) is 9.79 Å². The van der Waals surface area contributed by atoms with E-state index >= 15 is 0 Å². The number of para-hydroxylation sites is 3. The molecule has 0 bridgehead atoms. The van der Waals surface area contributed by atoms with Gasteiger partial charge in [-0.1, -0.05) is 78.9 Å². The van der Waals surface area contributed by atoms with Crippen molar-refractivity contribution in [1.82, 2.24) is 9.55 Å². The Morgan fingerprint density at radius 2 is 1.30 bits per heavy atom. The van der Waals surface area contributed by atoms with E-state index in [0.717, 1.165) is 0 Å². The molecular formula is C34H23N4NaO6S2. The number of fused-ring (bicyclic) bond motifs is 4. The molecule has 7 rings (SSSR count). The number of rotatable bonds is 6.